The zero-order chi connectivity index (χ0) is 41.9. The van der Waals surface area contributed by atoms with E-state index in [0.717, 1.165) is 69.6 Å². The third-order valence-corrected chi connectivity index (χ3v) is 11.5. The van der Waals surface area contributed by atoms with Crippen molar-refractivity contribution in [3.8, 4) is 0 Å². The molecular weight excluding hydrogens is 709 g/mol. The maximum Gasteiger partial charge on any atom is 0.306 e. The first kappa shape index (κ1) is 55.4. The number of rotatable bonds is 45. The van der Waals surface area contributed by atoms with E-state index in [1.807, 2.05) is 0 Å². The van der Waals surface area contributed by atoms with Crippen LogP contribution in [0.25, 0.3) is 0 Å². The van der Waals surface area contributed by atoms with E-state index in [9.17, 15) is 14.4 Å². The Kier molecular flexibility index (Phi) is 42.7. The van der Waals surface area contributed by atoms with Crippen molar-refractivity contribution in [3.05, 3.63) is 0 Å². The minimum absolute atomic E-state index is 0.0649. The van der Waals surface area contributed by atoms with Crippen LogP contribution in [-0.4, -0.2) is 37.2 Å². The average molecular weight is 807 g/mol. The molecule has 0 radical (unpaired) electrons. The highest BCUT2D eigenvalue weighted by Gasteiger charge is 2.19. The number of hydrogen-bond donors (Lipinski definition) is 0. The van der Waals surface area contributed by atoms with Gasteiger partial charge in [0.1, 0.15) is 13.2 Å². The van der Waals surface area contributed by atoms with Crippen LogP contribution in [0.3, 0.4) is 0 Å². The lowest BCUT2D eigenvalue weighted by atomic mass is 10.0. The van der Waals surface area contributed by atoms with Crippen LogP contribution in [-0.2, 0) is 28.6 Å². The Balaban J connectivity index is 4.22. The molecule has 6 nitrogen and oxygen atoms in total. The molecule has 0 aliphatic rings. The van der Waals surface area contributed by atoms with Gasteiger partial charge in [-0.05, 0) is 31.1 Å². The highest BCUT2D eigenvalue weighted by molar-refractivity contribution is 5.71. The van der Waals surface area contributed by atoms with Crippen LogP contribution < -0.4 is 0 Å². The van der Waals surface area contributed by atoms with Gasteiger partial charge in [0, 0.05) is 19.3 Å². The summed E-state index contributed by atoms with van der Waals surface area (Å²) in [6, 6.07) is 0. The molecule has 0 aromatic heterocycles. The second-order valence-electron chi connectivity index (χ2n) is 18.4. The van der Waals surface area contributed by atoms with E-state index in [1.54, 1.807) is 0 Å². The van der Waals surface area contributed by atoms with Crippen LogP contribution in [0.2, 0.25) is 0 Å². The second-order valence-corrected chi connectivity index (χ2v) is 18.4. The Bertz CT molecular complexity index is 870. The molecule has 0 saturated heterocycles. The molecule has 0 aromatic rings. The molecule has 0 aromatic carbocycles. The van der Waals surface area contributed by atoms with Gasteiger partial charge >= 0.3 is 17.9 Å². The van der Waals surface area contributed by atoms with Gasteiger partial charge in [0.05, 0.1) is 0 Å². The van der Waals surface area contributed by atoms with Crippen molar-refractivity contribution in [2.45, 2.75) is 285 Å². The lowest BCUT2D eigenvalue weighted by Gasteiger charge is -2.18. The van der Waals surface area contributed by atoms with Gasteiger partial charge in [-0.25, -0.2) is 0 Å². The molecule has 0 amide bonds. The molecule has 0 N–H and O–H groups in total. The van der Waals surface area contributed by atoms with Crippen molar-refractivity contribution in [3.63, 3.8) is 0 Å². The number of unbranched alkanes of at least 4 members (excludes halogenated alkanes) is 30. The molecule has 0 bridgehead atoms. The highest BCUT2D eigenvalue weighted by atomic mass is 16.6. The number of carbonyl (C=O) groups is 3. The van der Waals surface area contributed by atoms with Crippen LogP contribution in [0, 0.1) is 11.8 Å². The standard InChI is InChI=1S/C51H98O6/c1-6-7-8-9-10-11-12-19-22-25-31-36-41-49(52)55-44-48(57-51(54)43-38-33-28-27-30-35-40-47(4)5)45-56-50(53)42-37-32-26-23-20-17-15-13-14-16-18-21-24-29-34-39-46(2)3/h46-48H,6-45H2,1-5H3/t48-/m1/s1. The van der Waals surface area contributed by atoms with Gasteiger partial charge in [-0.15, -0.1) is 0 Å². The molecule has 0 fully saturated rings. The van der Waals surface area contributed by atoms with Gasteiger partial charge in [0.15, 0.2) is 6.10 Å². The summed E-state index contributed by atoms with van der Waals surface area (Å²) < 4.78 is 16.8. The molecule has 338 valence electrons. The zero-order valence-electron chi connectivity index (χ0n) is 39.0. The van der Waals surface area contributed by atoms with Crippen molar-refractivity contribution >= 4 is 17.9 Å². The first-order valence-corrected chi connectivity index (χ1v) is 25.2. The molecule has 0 saturated carbocycles. The Morgan fingerprint density at radius 3 is 0.860 bits per heavy atom. The number of esters is 3. The Morgan fingerprint density at radius 1 is 0.333 bits per heavy atom. The Morgan fingerprint density at radius 2 is 0.579 bits per heavy atom. The lowest BCUT2D eigenvalue weighted by molar-refractivity contribution is -0.167. The summed E-state index contributed by atoms with van der Waals surface area (Å²) in [4.78, 5) is 37.8. The number of hydrogen-bond acceptors (Lipinski definition) is 6. The maximum absolute atomic E-state index is 12.7. The van der Waals surface area contributed by atoms with Crippen molar-refractivity contribution in [2.24, 2.45) is 11.8 Å². The van der Waals surface area contributed by atoms with Crippen LogP contribution >= 0.6 is 0 Å². The summed E-state index contributed by atoms with van der Waals surface area (Å²) in [6.45, 7) is 11.3. The van der Waals surface area contributed by atoms with E-state index >= 15 is 0 Å². The van der Waals surface area contributed by atoms with Crippen LogP contribution in [0.5, 0.6) is 0 Å². The third-order valence-electron chi connectivity index (χ3n) is 11.5. The van der Waals surface area contributed by atoms with Crippen molar-refractivity contribution in [1.29, 1.82) is 0 Å². The largest absolute Gasteiger partial charge is 0.462 e. The van der Waals surface area contributed by atoms with Gasteiger partial charge < -0.3 is 14.2 Å². The molecule has 0 spiro atoms. The molecule has 0 rings (SSSR count). The van der Waals surface area contributed by atoms with Crippen LogP contribution in [0.1, 0.15) is 279 Å². The second kappa shape index (κ2) is 44.0. The van der Waals surface area contributed by atoms with E-state index in [-0.39, 0.29) is 31.1 Å². The average Bonchev–Trinajstić information content (AvgIpc) is 3.18. The van der Waals surface area contributed by atoms with E-state index in [4.69, 9.17) is 14.2 Å². The van der Waals surface area contributed by atoms with Gasteiger partial charge in [0.25, 0.3) is 0 Å². The molecule has 6 heteroatoms. The molecule has 57 heavy (non-hydrogen) atoms. The quantitative estimate of drug-likeness (QED) is 0.0346. The SMILES string of the molecule is CCCCCCCCCCCCCCC(=O)OC[C@H](COC(=O)CCCCCCCCCCCCCCCCCC(C)C)OC(=O)CCCCCCCCC(C)C. The predicted octanol–water partition coefficient (Wildman–Crippen LogP) is 16.1. The normalized spacial score (nSPS) is 12.1. The monoisotopic (exact) mass is 807 g/mol. The highest BCUT2D eigenvalue weighted by Crippen LogP contribution is 2.17. The third kappa shape index (κ3) is 45.3. The van der Waals surface area contributed by atoms with Crippen molar-refractivity contribution in [2.75, 3.05) is 13.2 Å². The Labute approximate surface area is 355 Å². The van der Waals surface area contributed by atoms with Crippen LogP contribution in [0.4, 0.5) is 0 Å². The smallest absolute Gasteiger partial charge is 0.306 e. The minimum Gasteiger partial charge on any atom is -0.462 e. The van der Waals surface area contributed by atoms with E-state index < -0.39 is 6.10 Å². The lowest BCUT2D eigenvalue weighted by Crippen LogP contribution is -2.30. The molecule has 0 aliphatic carbocycles. The van der Waals surface area contributed by atoms with Gasteiger partial charge in [-0.3, -0.25) is 14.4 Å². The molecule has 0 heterocycles. The van der Waals surface area contributed by atoms with Crippen molar-refractivity contribution in [1.82, 2.24) is 0 Å². The minimum atomic E-state index is -0.761. The Hall–Kier alpha value is -1.59. The fraction of sp³-hybridized carbons (Fsp3) is 0.941. The number of ether oxygens (including phenoxy) is 3. The fourth-order valence-electron chi connectivity index (χ4n) is 7.64. The van der Waals surface area contributed by atoms with Gasteiger partial charge in [-0.2, -0.15) is 0 Å². The van der Waals surface area contributed by atoms with Crippen LogP contribution in [0.15, 0.2) is 0 Å². The molecule has 0 unspecified atom stereocenters. The van der Waals surface area contributed by atoms with Gasteiger partial charge in [-0.1, -0.05) is 240 Å². The first-order chi connectivity index (χ1) is 27.7. The predicted molar refractivity (Wildman–Crippen MR) is 243 cm³/mol. The van der Waals surface area contributed by atoms with E-state index in [2.05, 4.69) is 34.6 Å². The molecule has 1 atom stereocenters. The summed E-state index contributed by atoms with van der Waals surface area (Å²) >= 11 is 0. The maximum atomic E-state index is 12.7. The molecule has 0 aliphatic heterocycles. The number of carbonyl (C=O) groups excluding carboxylic acids is 3. The fourth-order valence-corrected chi connectivity index (χ4v) is 7.64. The summed E-state index contributed by atoms with van der Waals surface area (Å²) in [7, 11) is 0. The molecular formula is C51H98O6. The topological polar surface area (TPSA) is 78.9 Å². The van der Waals surface area contributed by atoms with E-state index in [1.165, 1.54) is 167 Å². The van der Waals surface area contributed by atoms with Gasteiger partial charge in [0.2, 0.25) is 0 Å². The first-order valence-electron chi connectivity index (χ1n) is 25.2. The summed E-state index contributed by atoms with van der Waals surface area (Å²) in [5.41, 5.74) is 0. The zero-order valence-corrected chi connectivity index (χ0v) is 39.0. The van der Waals surface area contributed by atoms with E-state index in [0.29, 0.717) is 19.3 Å². The van der Waals surface area contributed by atoms with Crippen molar-refractivity contribution < 1.29 is 28.6 Å². The summed E-state index contributed by atoms with van der Waals surface area (Å²) in [5, 5.41) is 0. The summed E-state index contributed by atoms with van der Waals surface area (Å²) in [6.07, 6.45) is 43.9. The summed E-state index contributed by atoms with van der Waals surface area (Å²) in [5.74, 6) is 0.753.